The van der Waals surface area contributed by atoms with Crippen molar-refractivity contribution in [2.45, 2.75) is 12.3 Å². The highest BCUT2D eigenvalue weighted by atomic mass is 79.9. The molecule has 3 heteroatoms. The smallest absolute Gasteiger partial charge is 0.252 e. The van der Waals surface area contributed by atoms with E-state index in [1.807, 2.05) is 19.1 Å². The van der Waals surface area contributed by atoms with E-state index < -0.39 is 5.24 Å². The lowest BCUT2D eigenvalue weighted by Crippen LogP contribution is -1.94. The van der Waals surface area contributed by atoms with E-state index in [2.05, 4.69) is 15.9 Å². The van der Waals surface area contributed by atoms with Crippen LogP contribution in [0.3, 0.4) is 0 Å². The Morgan fingerprint density at radius 1 is 1.58 bits per heavy atom. The number of aryl methyl sites for hydroxylation is 1. The van der Waals surface area contributed by atoms with Crippen LogP contribution in [0.2, 0.25) is 0 Å². The molecule has 0 saturated carbocycles. The molecule has 1 nitrogen and oxygen atoms in total. The summed E-state index contributed by atoms with van der Waals surface area (Å²) in [5.41, 5.74) is 2.57. The summed E-state index contributed by atoms with van der Waals surface area (Å²) in [7, 11) is 0. The first-order valence-corrected chi connectivity index (χ1v) is 5.00. The molecule has 0 radical (unpaired) electrons. The molecule has 0 atom stereocenters. The van der Waals surface area contributed by atoms with Crippen molar-refractivity contribution in [1.29, 1.82) is 0 Å². The van der Waals surface area contributed by atoms with Crippen LogP contribution < -0.4 is 0 Å². The Labute approximate surface area is 84.9 Å². The van der Waals surface area contributed by atoms with Gasteiger partial charge in [0, 0.05) is 10.9 Å². The molecule has 12 heavy (non-hydrogen) atoms. The molecule has 0 aliphatic heterocycles. The molecule has 0 unspecified atom stereocenters. The van der Waals surface area contributed by atoms with E-state index in [1.54, 1.807) is 6.07 Å². The second kappa shape index (κ2) is 4.06. The van der Waals surface area contributed by atoms with Crippen LogP contribution >= 0.6 is 27.5 Å². The molecule has 0 saturated heterocycles. The lowest BCUT2D eigenvalue weighted by atomic mass is 10.1. The summed E-state index contributed by atoms with van der Waals surface area (Å²) in [6, 6.07) is 5.67. The predicted molar refractivity (Wildman–Crippen MR) is 54.0 cm³/mol. The van der Waals surface area contributed by atoms with E-state index in [0.29, 0.717) is 5.56 Å². The van der Waals surface area contributed by atoms with Crippen molar-refractivity contribution < 1.29 is 4.79 Å². The van der Waals surface area contributed by atoms with Crippen LogP contribution in [0, 0.1) is 6.92 Å². The minimum atomic E-state index is -0.393. The van der Waals surface area contributed by atoms with Crippen LogP contribution in [0.15, 0.2) is 18.2 Å². The van der Waals surface area contributed by atoms with Gasteiger partial charge < -0.3 is 0 Å². The predicted octanol–water partition coefficient (Wildman–Crippen LogP) is 3.27. The average molecular weight is 248 g/mol. The van der Waals surface area contributed by atoms with Gasteiger partial charge in [-0.2, -0.15) is 0 Å². The fraction of sp³-hybridized carbons (Fsp3) is 0.222. The van der Waals surface area contributed by atoms with Crippen molar-refractivity contribution in [3.63, 3.8) is 0 Å². The largest absolute Gasteiger partial charge is 0.276 e. The maximum absolute atomic E-state index is 10.9. The number of carbonyl (C=O) groups excluding carboxylic acids is 1. The number of hydrogen-bond acceptors (Lipinski definition) is 1. The molecular weight excluding hydrogens is 239 g/mol. The molecule has 1 aromatic carbocycles. The zero-order chi connectivity index (χ0) is 9.14. The average Bonchev–Trinajstić information content (AvgIpc) is 2.05. The first-order valence-electron chi connectivity index (χ1n) is 3.50. The monoisotopic (exact) mass is 246 g/mol. The van der Waals surface area contributed by atoms with Crippen molar-refractivity contribution in [2.75, 3.05) is 0 Å². The number of carbonyl (C=O) groups is 1. The molecule has 0 fully saturated rings. The lowest BCUT2D eigenvalue weighted by molar-refractivity contribution is 0.108. The summed E-state index contributed by atoms with van der Waals surface area (Å²) in [6.45, 7) is 1.87. The van der Waals surface area contributed by atoms with Crippen LogP contribution in [-0.4, -0.2) is 5.24 Å². The second-order valence-electron chi connectivity index (χ2n) is 2.56. The Morgan fingerprint density at radius 3 is 2.75 bits per heavy atom. The summed E-state index contributed by atoms with van der Waals surface area (Å²) in [5, 5.41) is 0.347. The molecular formula is C9H8BrClO. The third-order valence-electron chi connectivity index (χ3n) is 1.67. The van der Waals surface area contributed by atoms with Crippen LogP contribution in [0.25, 0.3) is 0 Å². The van der Waals surface area contributed by atoms with Gasteiger partial charge in [0.15, 0.2) is 0 Å². The van der Waals surface area contributed by atoms with E-state index in [9.17, 15) is 4.79 Å². The molecule has 0 spiro atoms. The first kappa shape index (κ1) is 9.75. The third kappa shape index (κ3) is 2.08. The molecule has 1 rings (SSSR count). The Kier molecular flexibility index (Phi) is 3.29. The van der Waals surface area contributed by atoms with Gasteiger partial charge in [0.1, 0.15) is 0 Å². The third-order valence-corrected chi connectivity index (χ3v) is 2.52. The van der Waals surface area contributed by atoms with Gasteiger partial charge in [-0.3, -0.25) is 4.79 Å². The first-order chi connectivity index (χ1) is 5.65. The fourth-order valence-electron chi connectivity index (χ4n) is 0.964. The van der Waals surface area contributed by atoms with Gasteiger partial charge >= 0.3 is 0 Å². The molecule has 64 valence electrons. The highest BCUT2D eigenvalue weighted by Crippen LogP contribution is 2.15. The normalized spacial score (nSPS) is 9.92. The molecule has 0 aliphatic carbocycles. The Bertz CT molecular complexity index is 309. The molecule has 0 heterocycles. The molecule has 0 amide bonds. The van der Waals surface area contributed by atoms with E-state index in [0.717, 1.165) is 16.5 Å². The lowest BCUT2D eigenvalue weighted by Gasteiger charge is -2.01. The summed E-state index contributed by atoms with van der Waals surface area (Å²) in [4.78, 5) is 10.9. The van der Waals surface area contributed by atoms with Crippen molar-refractivity contribution in [3.8, 4) is 0 Å². The van der Waals surface area contributed by atoms with Gasteiger partial charge in [-0.15, -0.1) is 0 Å². The van der Waals surface area contributed by atoms with Crippen LogP contribution in [0.5, 0.6) is 0 Å². The highest BCUT2D eigenvalue weighted by Gasteiger charge is 2.05. The SMILES string of the molecule is Cc1ccc(CBr)cc1C(=O)Cl. The highest BCUT2D eigenvalue weighted by molar-refractivity contribution is 9.08. The van der Waals surface area contributed by atoms with Crippen LogP contribution in [-0.2, 0) is 5.33 Å². The number of hydrogen-bond donors (Lipinski definition) is 0. The Morgan fingerprint density at radius 2 is 2.25 bits per heavy atom. The zero-order valence-corrected chi connectivity index (χ0v) is 8.95. The minimum absolute atomic E-state index is 0.393. The Balaban J connectivity index is 3.17. The summed E-state index contributed by atoms with van der Waals surface area (Å²) in [6.07, 6.45) is 0. The summed E-state index contributed by atoms with van der Waals surface area (Å²) in [5.74, 6) is 0. The standard InChI is InChI=1S/C9H8BrClO/c1-6-2-3-7(5-10)4-8(6)9(11)12/h2-4H,5H2,1H3. The van der Waals surface area contributed by atoms with Crippen molar-refractivity contribution >= 4 is 32.8 Å². The van der Waals surface area contributed by atoms with Crippen LogP contribution in [0.1, 0.15) is 21.5 Å². The van der Waals surface area contributed by atoms with Crippen LogP contribution in [0.4, 0.5) is 0 Å². The number of halogens is 2. The van der Waals surface area contributed by atoms with Gasteiger partial charge in [0.25, 0.3) is 5.24 Å². The molecule has 1 aromatic rings. The van der Waals surface area contributed by atoms with E-state index in [4.69, 9.17) is 11.6 Å². The Hall–Kier alpha value is -0.340. The maximum atomic E-state index is 10.9. The van der Waals surface area contributed by atoms with Gasteiger partial charge in [-0.1, -0.05) is 28.1 Å². The van der Waals surface area contributed by atoms with Gasteiger partial charge in [-0.25, -0.2) is 0 Å². The van der Waals surface area contributed by atoms with Crippen molar-refractivity contribution in [2.24, 2.45) is 0 Å². The second-order valence-corrected chi connectivity index (χ2v) is 3.46. The number of alkyl halides is 1. The minimum Gasteiger partial charge on any atom is -0.276 e. The van der Waals surface area contributed by atoms with E-state index in [-0.39, 0.29) is 0 Å². The van der Waals surface area contributed by atoms with Gasteiger partial charge in [0.2, 0.25) is 0 Å². The van der Waals surface area contributed by atoms with Crippen molar-refractivity contribution in [1.82, 2.24) is 0 Å². The topological polar surface area (TPSA) is 17.1 Å². The molecule has 0 bridgehead atoms. The van der Waals surface area contributed by atoms with Crippen molar-refractivity contribution in [3.05, 3.63) is 34.9 Å². The summed E-state index contributed by atoms with van der Waals surface area (Å²) >= 11 is 8.69. The maximum Gasteiger partial charge on any atom is 0.252 e. The summed E-state index contributed by atoms with van der Waals surface area (Å²) < 4.78 is 0. The van der Waals surface area contributed by atoms with E-state index >= 15 is 0 Å². The number of benzene rings is 1. The zero-order valence-electron chi connectivity index (χ0n) is 6.60. The molecule has 0 N–H and O–H groups in total. The quantitative estimate of drug-likeness (QED) is 0.579. The molecule has 0 aliphatic rings. The number of rotatable bonds is 2. The van der Waals surface area contributed by atoms with E-state index in [1.165, 1.54) is 0 Å². The fourth-order valence-corrected chi connectivity index (χ4v) is 1.52. The molecule has 0 aromatic heterocycles. The van der Waals surface area contributed by atoms with Gasteiger partial charge in [0.05, 0.1) is 0 Å². The van der Waals surface area contributed by atoms with Gasteiger partial charge in [-0.05, 0) is 35.7 Å².